The van der Waals surface area contributed by atoms with Crippen LogP contribution in [0.25, 0.3) is 0 Å². The number of unbranched alkanes of at least 4 members (excludes halogenated alkanes) is 1. The fraction of sp³-hybridized carbons (Fsp3) is 0.690. The summed E-state index contributed by atoms with van der Waals surface area (Å²) in [5, 5.41) is 11.7. The van der Waals surface area contributed by atoms with Gasteiger partial charge in [-0.25, -0.2) is 0 Å². The molecule has 0 saturated carbocycles. The lowest BCUT2D eigenvalue weighted by atomic mass is 9.76. The van der Waals surface area contributed by atoms with E-state index in [4.69, 9.17) is 9.84 Å². The van der Waals surface area contributed by atoms with Gasteiger partial charge in [-0.05, 0) is 50.4 Å². The molecule has 0 radical (unpaired) electrons. The van der Waals surface area contributed by atoms with E-state index in [1.165, 1.54) is 6.42 Å². The second kappa shape index (κ2) is 18.6. The van der Waals surface area contributed by atoms with Crippen LogP contribution < -0.4 is 5.32 Å². The number of aliphatic hydroxyl groups excluding tert-OH is 1. The number of carbonyl (C=O) groups excluding carboxylic acids is 1. The van der Waals surface area contributed by atoms with Crippen LogP contribution in [0.5, 0.6) is 0 Å². The number of nitrogens with one attached hydrogen (secondary N) is 1. The number of hydrogen-bond donors (Lipinski definition) is 2. The summed E-state index contributed by atoms with van der Waals surface area (Å²) in [5.41, 5.74) is 0.203. The van der Waals surface area contributed by atoms with Crippen LogP contribution in [0.3, 0.4) is 0 Å². The third-order valence-corrected chi connectivity index (χ3v) is 6.45. The highest BCUT2D eigenvalue weighted by Crippen LogP contribution is 2.32. The first kappa shape index (κ1) is 30.3. The SMILES string of the molecule is CCC(CN1CCOCC1)C(C)(C)/C=C\C/C=C\C/C=C\C/C=C\CCCC(=O)N[C@H](C)CO. The van der Waals surface area contributed by atoms with E-state index in [2.05, 4.69) is 79.6 Å². The van der Waals surface area contributed by atoms with Crippen molar-refractivity contribution in [3.05, 3.63) is 48.6 Å². The van der Waals surface area contributed by atoms with E-state index >= 15 is 0 Å². The van der Waals surface area contributed by atoms with E-state index in [0.717, 1.165) is 65.0 Å². The molecule has 1 fully saturated rings. The molecule has 0 aliphatic carbocycles. The Balaban J connectivity index is 2.15. The van der Waals surface area contributed by atoms with Gasteiger partial charge in [0.1, 0.15) is 0 Å². The van der Waals surface area contributed by atoms with Crippen molar-refractivity contribution in [2.75, 3.05) is 39.5 Å². The number of ether oxygens (including phenoxy) is 1. The number of allylic oxidation sites excluding steroid dienone is 8. The van der Waals surface area contributed by atoms with Crippen molar-refractivity contribution in [3.63, 3.8) is 0 Å². The first-order valence-corrected chi connectivity index (χ1v) is 13.2. The Morgan fingerprint density at radius 1 is 1.03 bits per heavy atom. The Hall–Kier alpha value is -1.69. The highest BCUT2D eigenvalue weighted by molar-refractivity contribution is 5.76. The van der Waals surface area contributed by atoms with Gasteiger partial charge in [0.15, 0.2) is 0 Å². The molecule has 0 bridgehead atoms. The molecule has 1 aliphatic rings. The largest absolute Gasteiger partial charge is 0.394 e. The topological polar surface area (TPSA) is 61.8 Å². The smallest absolute Gasteiger partial charge is 0.220 e. The second-order valence-corrected chi connectivity index (χ2v) is 9.91. The normalized spacial score (nSPS) is 17.9. The summed E-state index contributed by atoms with van der Waals surface area (Å²) in [6.07, 6.45) is 24.2. The number of aliphatic hydroxyl groups is 1. The Bertz CT molecular complexity index is 646. The predicted octanol–water partition coefficient (Wildman–Crippen LogP) is 5.43. The maximum Gasteiger partial charge on any atom is 0.220 e. The third-order valence-electron chi connectivity index (χ3n) is 6.45. The van der Waals surface area contributed by atoms with Crippen LogP contribution in [0.4, 0.5) is 0 Å². The molecule has 1 unspecified atom stereocenters. The van der Waals surface area contributed by atoms with Gasteiger partial charge in [0.05, 0.1) is 19.8 Å². The van der Waals surface area contributed by atoms with Crippen LogP contribution in [0.1, 0.15) is 72.6 Å². The zero-order valence-corrected chi connectivity index (χ0v) is 22.2. The molecule has 0 aromatic carbocycles. The standard InChI is InChI=1S/C29H50N2O3/c1-5-27(24-31-20-22-34-23-21-31)29(3,4)19-17-15-13-11-9-7-6-8-10-12-14-16-18-28(33)30-26(2)25-32/h6-7,10-13,17,19,26-27,32H,5,8-9,14-16,18,20-25H2,1-4H3,(H,30,33)/b7-6-,12-10-,13-11-,19-17-/t26-,27?/m1/s1. The van der Waals surface area contributed by atoms with E-state index < -0.39 is 0 Å². The molecule has 34 heavy (non-hydrogen) atoms. The molecular formula is C29H50N2O3. The van der Waals surface area contributed by atoms with Gasteiger partial charge in [-0.3, -0.25) is 9.69 Å². The summed E-state index contributed by atoms with van der Waals surface area (Å²) in [7, 11) is 0. The van der Waals surface area contributed by atoms with Crippen molar-refractivity contribution in [1.82, 2.24) is 10.2 Å². The molecule has 2 N–H and O–H groups in total. The molecule has 1 rings (SSSR count). The van der Waals surface area contributed by atoms with Crippen molar-refractivity contribution >= 4 is 5.91 Å². The average molecular weight is 475 g/mol. The zero-order valence-electron chi connectivity index (χ0n) is 22.2. The van der Waals surface area contributed by atoms with Gasteiger partial charge in [0, 0.05) is 32.1 Å². The maximum absolute atomic E-state index is 11.6. The highest BCUT2D eigenvalue weighted by Gasteiger charge is 2.27. The molecular weight excluding hydrogens is 424 g/mol. The van der Waals surface area contributed by atoms with Gasteiger partial charge in [-0.1, -0.05) is 75.8 Å². The minimum absolute atomic E-state index is 0.0122. The average Bonchev–Trinajstić information content (AvgIpc) is 2.83. The van der Waals surface area contributed by atoms with E-state index in [-0.39, 0.29) is 24.0 Å². The van der Waals surface area contributed by atoms with Gasteiger partial charge in [0.2, 0.25) is 5.91 Å². The molecule has 194 valence electrons. The maximum atomic E-state index is 11.6. The first-order valence-electron chi connectivity index (χ1n) is 13.2. The van der Waals surface area contributed by atoms with Crippen LogP contribution in [0, 0.1) is 11.3 Å². The second-order valence-electron chi connectivity index (χ2n) is 9.91. The quantitative estimate of drug-likeness (QED) is 0.218. The highest BCUT2D eigenvalue weighted by atomic mass is 16.5. The number of nitrogens with zero attached hydrogens (tertiary/aromatic N) is 1. The lowest BCUT2D eigenvalue weighted by Crippen LogP contribution is -2.42. The van der Waals surface area contributed by atoms with Crippen molar-refractivity contribution in [2.45, 2.75) is 78.7 Å². The molecule has 0 aromatic heterocycles. The van der Waals surface area contributed by atoms with Crippen LogP contribution in [0.15, 0.2) is 48.6 Å². The predicted molar refractivity (Wildman–Crippen MR) is 144 cm³/mol. The minimum Gasteiger partial charge on any atom is -0.394 e. The molecule has 5 heteroatoms. The fourth-order valence-electron chi connectivity index (χ4n) is 4.10. The summed E-state index contributed by atoms with van der Waals surface area (Å²) < 4.78 is 5.48. The zero-order chi connectivity index (χ0) is 25.1. The molecule has 5 nitrogen and oxygen atoms in total. The summed E-state index contributed by atoms with van der Waals surface area (Å²) in [6, 6.07) is -0.163. The molecule has 1 heterocycles. The summed E-state index contributed by atoms with van der Waals surface area (Å²) >= 11 is 0. The molecule has 2 atom stereocenters. The summed E-state index contributed by atoms with van der Waals surface area (Å²) in [5.74, 6) is 0.673. The molecule has 0 spiro atoms. The van der Waals surface area contributed by atoms with Crippen LogP contribution in [-0.4, -0.2) is 61.4 Å². The van der Waals surface area contributed by atoms with Crippen molar-refractivity contribution in [2.24, 2.45) is 11.3 Å². The van der Waals surface area contributed by atoms with Gasteiger partial charge >= 0.3 is 0 Å². The lowest BCUT2D eigenvalue weighted by Gasteiger charge is -2.37. The molecule has 1 amide bonds. The molecule has 1 saturated heterocycles. The monoisotopic (exact) mass is 474 g/mol. The van der Waals surface area contributed by atoms with Gasteiger partial charge in [-0.15, -0.1) is 0 Å². The number of morpholine rings is 1. The fourth-order valence-corrected chi connectivity index (χ4v) is 4.10. The Morgan fingerprint density at radius 3 is 2.21 bits per heavy atom. The van der Waals surface area contributed by atoms with Gasteiger partial charge in [-0.2, -0.15) is 0 Å². The van der Waals surface area contributed by atoms with Crippen molar-refractivity contribution in [1.29, 1.82) is 0 Å². The van der Waals surface area contributed by atoms with E-state index in [1.54, 1.807) is 6.92 Å². The van der Waals surface area contributed by atoms with E-state index in [9.17, 15) is 4.79 Å². The van der Waals surface area contributed by atoms with Gasteiger partial charge < -0.3 is 15.2 Å². The summed E-state index contributed by atoms with van der Waals surface area (Å²) in [6.45, 7) is 13.8. The number of amides is 1. The van der Waals surface area contributed by atoms with Gasteiger partial charge in [0.25, 0.3) is 0 Å². The minimum atomic E-state index is -0.163. The number of hydrogen-bond acceptors (Lipinski definition) is 4. The van der Waals surface area contributed by atoms with Crippen LogP contribution in [-0.2, 0) is 9.53 Å². The van der Waals surface area contributed by atoms with Crippen LogP contribution in [0.2, 0.25) is 0 Å². The number of rotatable bonds is 17. The van der Waals surface area contributed by atoms with Crippen molar-refractivity contribution in [3.8, 4) is 0 Å². The first-order chi connectivity index (χ1) is 16.4. The Morgan fingerprint density at radius 2 is 1.62 bits per heavy atom. The Kier molecular flexibility index (Phi) is 16.6. The molecule has 1 aliphatic heterocycles. The van der Waals surface area contributed by atoms with E-state index in [0.29, 0.717) is 12.3 Å². The summed E-state index contributed by atoms with van der Waals surface area (Å²) in [4.78, 5) is 14.2. The van der Waals surface area contributed by atoms with Crippen molar-refractivity contribution < 1.29 is 14.6 Å². The molecule has 0 aromatic rings. The number of carbonyl (C=O) groups is 1. The van der Waals surface area contributed by atoms with Crippen LogP contribution >= 0.6 is 0 Å². The lowest BCUT2D eigenvalue weighted by molar-refractivity contribution is -0.122. The van der Waals surface area contributed by atoms with E-state index in [1.807, 2.05) is 0 Å². The Labute approximate surface area is 209 Å². The third kappa shape index (κ3) is 14.5.